The van der Waals surface area contributed by atoms with Crippen molar-refractivity contribution in [3.63, 3.8) is 0 Å². The summed E-state index contributed by atoms with van der Waals surface area (Å²) in [4.78, 5) is 21.8. The topological polar surface area (TPSA) is 81.5 Å². The smallest absolute Gasteiger partial charge is 0.313 e. The summed E-state index contributed by atoms with van der Waals surface area (Å²) in [5.74, 6) is -0.406. The van der Waals surface area contributed by atoms with E-state index in [2.05, 4.69) is 21.2 Å². The van der Waals surface area contributed by atoms with E-state index in [-0.39, 0.29) is 35.0 Å². The second-order valence-electron chi connectivity index (χ2n) is 4.12. The maximum atomic E-state index is 11.5. The van der Waals surface area contributed by atoms with Gasteiger partial charge >= 0.3 is 5.69 Å². The summed E-state index contributed by atoms with van der Waals surface area (Å²) in [6.45, 7) is -0.293. The summed E-state index contributed by atoms with van der Waals surface area (Å²) in [6.07, 6.45) is 1.93. The van der Waals surface area contributed by atoms with Crippen molar-refractivity contribution >= 4 is 39.1 Å². The van der Waals surface area contributed by atoms with E-state index in [1.165, 1.54) is 12.1 Å². The number of carbonyl (C=O) groups excluding carboxylic acids is 1. The molecule has 1 amide bonds. The normalized spacial score (nSPS) is 14.0. The SMILES string of the molecule is O=C(COc1c(Cl)cc(Br)cc1[N+](=O)[O-])NC1CC1. The van der Waals surface area contributed by atoms with Crippen molar-refractivity contribution in [1.82, 2.24) is 5.32 Å². The lowest BCUT2D eigenvalue weighted by atomic mass is 10.3. The molecule has 0 saturated heterocycles. The van der Waals surface area contributed by atoms with Crippen LogP contribution in [0.1, 0.15) is 12.8 Å². The minimum Gasteiger partial charge on any atom is -0.476 e. The number of rotatable bonds is 5. The average molecular weight is 350 g/mol. The molecule has 19 heavy (non-hydrogen) atoms. The molecule has 1 aliphatic rings. The van der Waals surface area contributed by atoms with E-state index in [1.807, 2.05) is 0 Å². The van der Waals surface area contributed by atoms with Crippen molar-refractivity contribution in [1.29, 1.82) is 0 Å². The molecule has 1 N–H and O–H groups in total. The molecule has 0 bridgehead atoms. The number of benzene rings is 1. The predicted molar refractivity (Wildman–Crippen MR) is 72.5 cm³/mol. The molecule has 1 aliphatic carbocycles. The van der Waals surface area contributed by atoms with Gasteiger partial charge < -0.3 is 10.1 Å². The first-order valence-corrected chi connectivity index (χ1v) is 6.70. The van der Waals surface area contributed by atoms with Gasteiger partial charge in [0.05, 0.1) is 9.95 Å². The first-order valence-electron chi connectivity index (χ1n) is 5.53. The van der Waals surface area contributed by atoms with E-state index in [9.17, 15) is 14.9 Å². The molecule has 8 heteroatoms. The van der Waals surface area contributed by atoms with Gasteiger partial charge in [0.15, 0.2) is 6.61 Å². The van der Waals surface area contributed by atoms with E-state index in [0.29, 0.717) is 4.47 Å². The third-order valence-electron chi connectivity index (χ3n) is 2.48. The van der Waals surface area contributed by atoms with E-state index >= 15 is 0 Å². The number of carbonyl (C=O) groups is 1. The highest BCUT2D eigenvalue weighted by Crippen LogP contribution is 2.37. The van der Waals surface area contributed by atoms with Gasteiger partial charge in [0.1, 0.15) is 0 Å². The van der Waals surface area contributed by atoms with Gasteiger partial charge in [-0.2, -0.15) is 0 Å². The summed E-state index contributed by atoms with van der Waals surface area (Å²) in [7, 11) is 0. The van der Waals surface area contributed by atoms with E-state index in [0.717, 1.165) is 12.8 Å². The number of nitrogens with zero attached hydrogens (tertiary/aromatic N) is 1. The predicted octanol–water partition coefficient (Wildman–Crippen LogP) is 2.67. The number of ether oxygens (including phenoxy) is 1. The average Bonchev–Trinajstić information content (AvgIpc) is 3.10. The van der Waals surface area contributed by atoms with Crippen LogP contribution in [-0.4, -0.2) is 23.5 Å². The van der Waals surface area contributed by atoms with Gasteiger partial charge in [-0.3, -0.25) is 14.9 Å². The Labute approximate surface area is 122 Å². The van der Waals surface area contributed by atoms with Crippen LogP contribution in [0.3, 0.4) is 0 Å². The molecule has 0 radical (unpaired) electrons. The Hall–Kier alpha value is -1.34. The van der Waals surface area contributed by atoms with Crippen LogP contribution in [0.4, 0.5) is 5.69 Å². The van der Waals surface area contributed by atoms with Crippen LogP contribution < -0.4 is 10.1 Å². The molecule has 0 atom stereocenters. The van der Waals surface area contributed by atoms with Crippen LogP contribution in [0.25, 0.3) is 0 Å². The first kappa shape index (κ1) is 14.1. The Morgan fingerprint density at radius 1 is 1.58 bits per heavy atom. The molecule has 1 aromatic carbocycles. The molecule has 0 heterocycles. The molecule has 0 unspecified atom stereocenters. The van der Waals surface area contributed by atoms with Crippen LogP contribution in [0.5, 0.6) is 5.75 Å². The number of nitrogens with one attached hydrogen (secondary N) is 1. The highest BCUT2D eigenvalue weighted by atomic mass is 79.9. The fraction of sp³-hybridized carbons (Fsp3) is 0.364. The van der Waals surface area contributed by atoms with Gasteiger partial charge in [-0.05, 0) is 18.9 Å². The van der Waals surface area contributed by atoms with Crippen molar-refractivity contribution in [2.45, 2.75) is 18.9 Å². The third-order valence-corrected chi connectivity index (χ3v) is 3.21. The molecule has 2 rings (SSSR count). The third kappa shape index (κ3) is 3.81. The summed E-state index contributed by atoms with van der Waals surface area (Å²) in [6, 6.07) is 2.97. The molecule has 1 fully saturated rings. The quantitative estimate of drug-likeness (QED) is 0.654. The van der Waals surface area contributed by atoms with E-state index in [1.54, 1.807) is 0 Å². The minimum absolute atomic E-state index is 0.0836. The van der Waals surface area contributed by atoms with Crippen molar-refractivity contribution in [3.8, 4) is 5.75 Å². The number of nitro groups is 1. The van der Waals surface area contributed by atoms with E-state index in [4.69, 9.17) is 16.3 Å². The molecule has 1 saturated carbocycles. The lowest BCUT2D eigenvalue weighted by Crippen LogP contribution is -2.30. The Morgan fingerprint density at radius 3 is 2.84 bits per heavy atom. The maximum absolute atomic E-state index is 11.5. The van der Waals surface area contributed by atoms with Crippen molar-refractivity contribution in [3.05, 3.63) is 31.7 Å². The minimum atomic E-state index is -0.606. The Bertz CT molecular complexity index is 534. The molecular weight excluding hydrogens is 339 g/mol. The summed E-state index contributed by atoms with van der Waals surface area (Å²) < 4.78 is 5.64. The van der Waals surface area contributed by atoms with Crippen molar-refractivity contribution in [2.24, 2.45) is 0 Å². The van der Waals surface area contributed by atoms with E-state index < -0.39 is 4.92 Å². The monoisotopic (exact) mass is 348 g/mol. The molecular formula is C11H10BrClN2O4. The second kappa shape index (κ2) is 5.75. The molecule has 0 aliphatic heterocycles. The number of hydrogen-bond donors (Lipinski definition) is 1. The van der Waals surface area contributed by atoms with Crippen molar-refractivity contribution in [2.75, 3.05) is 6.61 Å². The van der Waals surface area contributed by atoms with Crippen molar-refractivity contribution < 1.29 is 14.5 Å². The van der Waals surface area contributed by atoms with Crippen LogP contribution in [0, 0.1) is 10.1 Å². The Balaban J connectivity index is 2.09. The number of nitro benzene ring substituents is 1. The van der Waals surface area contributed by atoms with Crippen LogP contribution in [0.2, 0.25) is 5.02 Å². The molecule has 0 spiro atoms. The van der Waals surface area contributed by atoms with Gasteiger partial charge in [0.25, 0.3) is 5.91 Å². The van der Waals surface area contributed by atoms with Gasteiger partial charge in [-0.25, -0.2) is 0 Å². The number of amides is 1. The van der Waals surface area contributed by atoms with Crippen LogP contribution >= 0.6 is 27.5 Å². The number of halogens is 2. The zero-order valence-electron chi connectivity index (χ0n) is 9.69. The second-order valence-corrected chi connectivity index (χ2v) is 5.45. The summed E-state index contributed by atoms with van der Waals surface area (Å²) in [5, 5.41) is 13.7. The fourth-order valence-corrected chi connectivity index (χ4v) is 2.31. The summed E-state index contributed by atoms with van der Waals surface area (Å²) >= 11 is 9.00. The standard InChI is InChI=1S/C11H10BrClN2O4/c12-6-3-8(13)11(9(4-6)15(17)18)19-5-10(16)14-7-1-2-7/h3-4,7H,1-2,5H2,(H,14,16). The Morgan fingerprint density at radius 2 is 2.26 bits per heavy atom. The maximum Gasteiger partial charge on any atom is 0.313 e. The van der Waals surface area contributed by atoms with Gasteiger partial charge in [-0.1, -0.05) is 27.5 Å². The molecule has 6 nitrogen and oxygen atoms in total. The fourth-order valence-electron chi connectivity index (χ4n) is 1.46. The van der Waals surface area contributed by atoms with Crippen LogP contribution in [0.15, 0.2) is 16.6 Å². The van der Waals surface area contributed by atoms with Crippen LogP contribution in [-0.2, 0) is 4.79 Å². The zero-order valence-corrected chi connectivity index (χ0v) is 12.0. The largest absolute Gasteiger partial charge is 0.476 e. The zero-order chi connectivity index (χ0) is 14.0. The van der Waals surface area contributed by atoms with Gasteiger partial charge in [-0.15, -0.1) is 0 Å². The highest BCUT2D eigenvalue weighted by Gasteiger charge is 2.25. The molecule has 102 valence electrons. The summed E-state index contributed by atoms with van der Waals surface area (Å²) in [5.41, 5.74) is -0.279. The number of hydrogen-bond acceptors (Lipinski definition) is 4. The lowest BCUT2D eigenvalue weighted by Gasteiger charge is -2.09. The van der Waals surface area contributed by atoms with Gasteiger partial charge in [0.2, 0.25) is 5.75 Å². The lowest BCUT2D eigenvalue weighted by molar-refractivity contribution is -0.385. The van der Waals surface area contributed by atoms with Gasteiger partial charge in [0, 0.05) is 16.6 Å². The highest BCUT2D eigenvalue weighted by molar-refractivity contribution is 9.10. The molecule has 1 aromatic rings. The first-order chi connectivity index (χ1) is 8.97. The Kier molecular flexibility index (Phi) is 4.26. The molecule has 0 aromatic heterocycles.